The highest BCUT2D eigenvalue weighted by Gasteiger charge is 2.31. The van der Waals surface area contributed by atoms with Gasteiger partial charge in [-0.25, -0.2) is 4.79 Å². The van der Waals surface area contributed by atoms with Crippen LogP contribution in [0.2, 0.25) is 0 Å². The highest BCUT2D eigenvalue weighted by atomic mass is 16.6. The Morgan fingerprint density at radius 3 is 2.23 bits per heavy atom. The maximum Gasteiger partial charge on any atom is 0.410 e. The molecule has 2 rings (SSSR count). The van der Waals surface area contributed by atoms with E-state index in [0.29, 0.717) is 38.5 Å². The van der Waals surface area contributed by atoms with Crippen molar-refractivity contribution in [2.75, 3.05) is 26.2 Å². The third-order valence-electron chi connectivity index (χ3n) is 6.25. The summed E-state index contributed by atoms with van der Waals surface area (Å²) in [6.07, 6.45) is 7.54. The van der Waals surface area contributed by atoms with Crippen molar-refractivity contribution in [1.82, 2.24) is 15.1 Å². The second kappa shape index (κ2) is 11.5. The largest absolute Gasteiger partial charge is 0.444 e. The van der Waals surface area contributed by atoms with Crippen LogP contribution in [0, 0.1) is 11.8 Å². The Morgan fingerprint density at radius 2 is 1.68 bits per heavy atom. The predicted octanol–water partition coefficient (Wildman–Crippen LogP) is 2.75. The molecule has 0 bridgehead atoms. The molecule has 31 heavy (non-hydrogen) atoms. The van der Waals surface area contributed by atoms with E-state index in [1.54, 1.807) is 11.8 Å². The van der Waals surface area contributed by atoms with Crippen molar-refractivity contribution in [3.05, 3.63) is 0 Å². The average Bonchev–Trinajstić information content (AvgIpc) is 2.74. The summed E-state index contributed by atoms with van der Waals surface area (Å²) >= 11 is 0. The van der Waals surface area contributed by atoms with Gasteiger partial charge in [-0.15, -0.1) is 0 Å². The minimum Gasteiger partial charge on any atom is -0.444 e. The summed E-state index contributed by atoms with van der Waals surface area (Å²) in [5, 5.41) is 2.76. The van der Waals surface area contributed by atoms with Crippen molar-refractivity contribution >= 4 is 24.2 Å². The van der Waals surface area contributed by atoms with Crippen LogP contribution in [0.1, 0.15) is 72.6 Å². The molecule has 2 fully saturated rings. The van der Waals surface area contributed by atoms with Gasteiger partial charge >= 0.3 is 6.09 Å². The second-order valence-electron chi connectivity index (χ2n) is 9.97. The molecule has 0 aromatic heterocycles. The summed E-state index contributed by atoms with van der Waals surface area (Å²) in [6.45, 7) is 9.14. The summed E-state index contributed by atoms with van der Waals surface area (Å²) in [5.41, 5.74) is -0.532. The molecule has 0 aromatic carbocycles. The van der Waals surface area contributed by atoms with E-state index in [1.807, 2.05) is 20.8 Å². The number of amides is 3. The number of Topliss-reactive ketones (excluding diaryl/α,β-unsaturated/α-hetero) is 1. The maximum atomic E-state index is 12.5. The van der Waals surface area contributed by atoms with Gasteiger partial charge in [-0.2, -0.15) is 0 Å². The lowest BCUT2D eigenvalue weighted by Crippen LogP contribution is -2.49. The first-order valence-electron chi connectivity index (χ1n) is 11.6. The van der Waals surface area contributed by atoms with Crippen LogP contribution in [-0.2, 0) is 19.1 Å². The molecular formula is C23H39N3O5. The van der Waals surface area contributed by atoms with Crippen molar-refractivity contribution in [3.63, 3.8) is 0 Å². The monoisotopic (exact) mass is 437 g/mol. The summed E-state index contributed by atoms with van der Waals surface area (Å²) in [4.78, 5) is 51.8. The number of carbonyl (C=O) groups excluding carboxylic acids is 4. The third-order valence-corrected chi connectivity index (χ3v) is 6.25. The quantitative estimate of drug-likeness (QED) is 0.465. The first-order chi connectivity index (χ1) is 14.6. The topological polar surface area (TPSA) is 96.0 Å². The van der Waals surface area contributed by atoms with Crippen LogP contribution in [0.25, 0.3) is 0 Å². The van der Waals surface area contributed by atoms with Gasteiger partial charge in [0.05, 0.1) is 6.04 Å². The molecule has 8 heteroatoms. The third kappa shape index (κ3) is 8.15. The van der Waals surface area contributed by atoms with E-state index in [2.05, 4.69) is 5.32 Å². The highest BCUT2D eigenvalue weighted by Crippen LogP contribution is 2.23. The van der Waals surface area contributed by atoms with Gasteiger partial charge in [-0.05, 0) is 65.2 Å². The Balaban J connectivity index is 1.78. The van der Waals surface area contributed by atoms with Gasteiger partial charge < -0.3 is 19.9 Å². The van der Waals surface area contributed by atoms with Gasteiger partial charge in [0.1, 0.15) is 5.60 Å². The molecule has 1 N–H and O–H groups in total. The fourth-order valence-corrected chi connectivity index (χ4v) is 4.27. The van der Waals surface area contributed by atoms with Gasteiger partial charge in [0.15, 0.2) is 0 Å². The first-order valence-corrected chi connectivity index (χ1v) is 11.6. The minimum atomic E-state index is -0.798. The van der Waals surface area contributed by atoms with Crippen LogP contribution in [0.15, 0.2) is 0 Å². The van der Waals surface area contributed by atoms with Gasteiger partial charge in [0.2, 0.25) is 12.2 Å². The van der Waals surface area contributed by atoms with Crippen molar-refractivity contribution in [3.8, 4) is 0 Å². The summed E-state index contributed by atoms with van der Waals surface area (Å²) in [6, 6.07) is -0.798. The van der Waals surface area contributed by atoms with Crippen molar-refractivity contribution in [2.45, 2.75) is 84.3 Å². The molecule has 0 aromatic rings. The van der Waals surface area contributed by atoms with Gasteiger partial charge in [0.25, 0.3) is 5.91 Å². The number of piperidine rings is 1. The summed E-state index contributed by atoms with van der Waals surface area (Å²) in [5.74, 6) is -0.568. The van der Waals surface area contributed by atoms with Crippen LogP contribution < -0.4 is 5.32 Å². The van der Waals surface area contributed by atoms with Gasteiger partial charge in [0, 0.05) is 26.2 Å². The van der Waals surface area contributed by atoms with E-state index in [9.17, 15) is 19.2 Å². The van der Waals surface area contributed by atoms with E-state index in [4.69, 9.17) is 4.74 Å². The summed E-state index contributed by atoms with van der Waals surface area (Å²) in [7, 11) is 0. The maximum absolute atomic E-state index is 12.5. The van der Waals surface area contributed by atoms with Crippen molar-refractivity contribution in [2.24, 2.45) is 11.8 Å². The van der Waals surface area contributed by atoms with E-state index in [-0.39, 0.29) is 12.0 Å². The van der Waals surface area contributed by atoms with Gasteiger partial charge in [-0.1, -0.05) is 19.3 Å². The zero-order valence-corrected chi connectivity index (χ0v) is 19.5. The average molecular weight is 438 g/mol. The van der Waals surface area contributed by atoms with Crippen LogP contribution in [-0.4, -0.2) is 71.8 Å². The SMILES string of the molecule is CC(C(=O)C(=O)NCC1CCCCC1)N(C=O)CC1CCN(C(=O)OC(C)(C)C)CC1. The number of ether oxygens (including phenoxy) is 1. The lowest BCUT2D eigenvalue weighted by Gasteiger charge is -2.35. The second-order valence-corrected chi connectivity index (χ2v) is 9.97. The summed E-state index contributed by atoms with van der Waals surface area (Å²) < 4.78 is 5.41. The number of nitrogens with one attached hydrogen (secondary N) is 1. The minimum absolute atomic E-state index is 0.171. The van der Waals surface area contributed by atoms with Crippen molar-refractivity contribution < 1.29 is 23.9 Å². The molecule has 0 spiro atoms. The first kappa shape index (κ1) is 25.1. The zero-order chi connectivity index (χ0) is 23.0. The highest BCUT2D eigenvalue weighted by molar-refractivity contribution is 6.38. The molecule has 3 amide bonds. The number of hydrogen-bond acceptors (Lipinski definition) is 5. The van der Waals surface area contributed by atoms with E-state index in [1.165, 1.54) is 24.2 Å². The Kier molecular flexibility index (Phi) is 9.32. The zero-order valence-electron chi connectivity index (χ0n) is 19.5. The van der Waals surface area contributed by atoms with Crippen molar-refractivity contribution in [1.29, 1.82) is 0 Å². The molecule has 1 heterocycles. The number of carbonyl (C=O) groups is 4. The molecule has 176 valence electrons. The van der Waals surface area contributed by atoms with E-state index >= 15 is 0 Å². The number of nitrogens with zero attached hydrogens (tertiary/aromatic N) is 2. The van der Waals surface area contributed by atoms with Crippen LogP contribution in [0.4, 0.5) is 4.79 Å². The Morgan fingerprint density at radius 1 is 1.06 bits per heavy atom. The molecule has 1 saturated heterocycles. The van der Waals surface area contributed by atoms with Crippen LogP contribution >= 0.6 is 0 Å². The Hall–Kier alpha value is -2.12. The number of ketones is 1. The lowest BCUT2D eigenvalue weighted by atomic mass is 9.89. The smallest absolute Gasteiger partial charge is 0.410 e. The molecular weight excluding hydrogens is 398 g/mol. The standard InChI is InChI=1S/C23H39N3O5/c1-17(20(28)21(29)24-14-18-8-6-5-7-9-18)26(16-27)15-19-10-12-25(13-11-19)22(30)31-23(2,3)4/h16-19H,5-15H2,1-4H3,(H,24,29). The fourth-order valence-electron chi connectivity index (χ4n) is 4.27. The van der Waals surface area contributed by atoms with Crippen LogP contribution in [0.3, 0.4) is 0 Å². The molecule has 1 aliphatic carbocycles. The number of hydrogen-bond donors (Lipinski definition) is 1. The molecule has 1 aliphatic heterocycles. The Bertz CT molecular complexity index is 632. The normalized spacial score (nSPS) is 19.4. The van der Waals surface area contributed by atoms with Crippen LogP contribution in [0.5, 0.6) is 0 Å². The Labute approximate surface area is 186 Å². The molecule has 1 atom stereocenters. The molecule has 2 aliphatic rings. The molecule has 8 nitrogen and oxygen atoms in total. The van der Waals surface area contributed by atoms with E-state index in [0.717, 1.165) is 25.7 Å². The molecule has 0 radical (unpaired) electrons. The molecule has 1 unspecified atom stereocenters. The number of rotatable bonds is 8. The van der Waals surface area contributed by atoms with Gasteiger partial charge in [-0.3, -0.25) is 14.4 Å². The molecule has 1 saturated carbocycles. The lowest BCUT2D eigenvalue weighted by molar-refractivity contribution is -0.142. The predicted molar refractivity (Wildman–Crippen MR) is 117 cm³/mol. The number of likely N-dealkylation sites (tertiary alicyclic amines) is 1. The van der Waals surface area contributed by atoms with E-state index < -0.39 is 23.3 Å². The fraction of sp³-hybridized carbons (Fsp3) is 0.826.